The van der Waals surface area contributed by atoms with Gasteiger partial charge in [0.25, 0.3) is 0 Å². The summed E-state index contributed by atoms with van der Waals surface area (Å²) in [4.78, 5) is 0. The van der Waals surface area contributed by atoms with E-state index in [2.05, 4.69) is 0 Å². The Morgan fingerprint density at radius 1 is 1.05 bits per heavy atom. The van der Waals surface area contributed by atoms with Gasteiger partial charge < -0.3 is 10.2 Å². The smallest absolute Gasteiger partial charge is 0.142 e. The number of aliphatic hydroxyl groups excluding tert-OH is 2. The maximum absolute atomic E-state index is 13.6. The predicted molar refractivity (Wildman–Crippen MR) is 82.1 cm³/mol. The number of hydrogen-bond donors (Lipinski definition) is 2. The van der Waals surface area contributed by atoms with Crippen LogP contribution in [-0.4, -0.2) is 23.4 Å². The summed E-state index contributed by atoms with van der Waals surface area (Å²) in [6.07, 6.45) is 0.265. The van der Waals surface area contributed by atoms with Gasteiger partial charge in [-0.15, -0.1) is 0 Å². The van der Waals surface area contributed by atoms with Crippen molar-refractivity contribution in [3.8, 4) is 0 Å². The van der Waals surface area contributed by atoms with E-state index in [1.807, 2.05) is 31.2 Å². The van der Waals surface area contributed by atoms with Gasteiger partial charge in [-0.2, -0.15) is 0 Å². The molecule has 112 valence electrons. The second-order valence-electron chi connectivity index (χ2n) is 5.30. The molecule has 2 N–H and O–H groups in total. The zero-order chi connectivity index (χ0) is 15.5. The van der Waals surface area contributed by atoms with E-state index in [9.17, 15) is 14.6 Å². The van der Waals surface area contributed by atoms with Crippen molar-refractivity contribution in [2.45, 2.75) is 18.8 Å². The monoisotopic (exact) mass is 308 g/mol. The molecule has 0 amide bonds. The summed E-state index contributed by atoms with van der Waals surface area (Å²) in [5.41, 5.74) is 1.49. The summed E-state index contributed by atoms with van der Waals surface area (Å²) in [5, 5.41) is 19.8. The summed E-state index contributed by atoms with van der Waals surface area (Å²) in [6, 6.07) is 12.1. The number of hydrogen-bond acceptors (Lipinski definition) is 2. The third kappa shape index (κ3) is 3.10. The third-order valence-corrected chi connectivity index (χ3v) is 4.31. The number of benzene rings is 2. The average Bonchev–Trinajstić information content (AvgIpc) is 2.50. The molecule has 21 heavy (non-hydrogen) atoms. The van der Waals surface area contributed by atoms with Crippen molar-refractivity contribution in [1.29, 1.82) is 0 Å². The van der Waals surface area contributed by atoms with Crippen LogP contribution in [0.15, 0.2) is 42.5 Å². The first-order valence-corrected chi connectivity index (χ1v) is 7.12. The van der Waals surface area contributed by atoms with Crippen LogP contribution in [-0.2, 0) is 11.8 Å². The molecule has 2 aromatic carbocycles. The van der Waals surface area contributed by atoms with Crippen LogP contribution in [0, 0.1) is 12.7 Å². The van der Waals surface area contributed by atoms with Gasteiger partial charge in [0.15, 0.2) is 0 Å². The van der Waals surface area contributed by atoms with E-state index in [0.717, 1.165) is 11.1 Å². The maximum atomic E-state index is 13.6. The molecule has 0 unspecified atom stereocenters. The minimum absolute atomic E-state index is 0.0392. The van der Waals surface area contributed by atoms with Gasteiger partial charge in [0.2, 0.25) is 0 Å². The van der Waals surface area contributed by atoms with Crippen LogP contribution in [0.2, 0.25) is 5.02 Å². The van der Waals surface area contributed by atoms with Crippen LogP contribution in [0.5, 0.6) is 0 Å². The molecule has 2 aromatic rings. The lowest BCUT2D eigenvalue weighted by Gasteiger charge is -2.32. The Balaban J connectivity index is 2.49. The molecule has 2 rings (SSSR count). The molecule has 0 bridgehead atoms. The van der Waals surface area contributed by atoms with E-state index < -0.39 is 11.2 Å². The van der Waals surface area contributed by atoms with Crippen molar-refractivity contribution in [1.82, 2.24) is 0 Å². The molecule has 0 atom stereocenters. The quantitative estimate of drug-likeness (QED) is 0.890. The Morgan fingerprint density at radius 2 is 1.71 bits per heavy atom. The lowest BCUT2D eigenvalue weighted by molar-refractivity contribution is 0.115. The summed E-state index contributed by atoms with van der Waals surface area (Å²) in [6.45, 7) is 1.42. The van der Waals surface area contributed by atoms with Crippen LogP contribution in [0.1, 0.15) is 16.7 Å². The van der Waals surface area contributed by atoms with Gasteiger partial charge in [0.05, 0.1) is 18.2 Å². The van der Waals surface area contributed by atoms with Crippen LogP contribution >= 0.6 is 11.6 Å². The fraction of sp³-hybridized carbons (Fsp3) is 0.294. The maximum Gasteiger partial charge on any atom is 0.142 e. The molecule has 0 saturated heterocycles. The molecule has 0 aromatic heterocycles. The Bertz CT molecular complexity index is 624. The molecule has 0 aliphatic heterocycles. The number of aryl methyl sites for hydroxylation is 1. The highest BCUT2D eigenvalue weighted by atomic mass is 35.5. The molecular formula is C17H18ClFO2. The summed E-state index contributed by atoms with van der Waals surface area (Å²) in [7, 11) is 0. The molecule has 0 heterocycles. The third-order valence-electron chi connectivity index (χ3n) is 3.88. The fourth-order valence-electron chi connectivity index (χ4n) is 2.64. The van der Waals surface area contributed by atoms with Gasteiger partial charge in [-0.3, -0.25) is 0 Å². The molecule has 4 heteroatoms. The zero-order valence-corrected chi connectivity index (χ0v) is 12.6. The van der Waals surface area contributed by atoms with Crippen molar-refractivity contribution in [3.05, 3.63) is 70.0 Å². The zero-order valence-electron chi connectivity index (χ0n) is 11.8. The SMILES string of the molecule is Cc1ccccc1C(CO)(CO)Cc1cccc(F)c1Cl. The molecule has 0 radical (unpaired) electrons. The van der Waals surface area contributed by atoms with Crippen molar-refractivity contribution < 1.29 is 14.6 Å². The Labute approximate surface area is 128 Å². The fourth-order valence-corrected chi connectivity index (χ4v) is 2.84. The Hall–Kier alpha value is -1.42. The Kier molecular flexibility index (Phi) is 4.99. The van der Waals surface area contributed by atoms with Crippen molar-refractivity contribution >= 4 is 11.6 Å². The minimum Gasteiger partial charge on any atom is -0.395 e. The molecule has 0 aliphatic carbocycles. The van der Waals surface area contributed by atoms with Crippen molar-refractivity contribution in [3.63, 3.8) is 0 Å². The average molecular weight is 309 g/mol. The normalized spacial score (nSPS) is 11.7. The van der Waals surface area contributed by atoms with Crippen LogP contribution in [0.3, 0.4) is 0 Å². The molecule has 0 fully saturated rings. The van der Waals surface area contributed by atoms with E-state index in [-0.39, 0.29) is 24.7 Å². The highest BCUT2D eigenvalue weighted by Crippen LogP contribution is 2.33. The van der Waals surface area contributed by atoms with E-state index in [1.54, 1.807) is 12.1 Å². The molecule has 0 spiro atoms. The van der Waals surface area contributed by atoms with Gasteiger partial charge in [-0.1, -0.05) is 48.0 Å². The Morgan fingerprint density at radius 3 is 2.33 bits per heavy atom. The second-order valence-corrected chi connectivity index (χ2v) is 5.68. The summed E-state index contributed by atoms with van der Waals surface area (Å²) < 4.78 is 13.6. The van der Waals surface area contributed by atoms with Crippen LogP contribution in [0.25, 0.3) is 0 Å². The highest BCUT2D eigenvalue weighted by Gasteiger charge is 2.33. The van der Waals surface area contributed by atoms with Crippen molar-refractivity contribution in [2.75, 3.05) is 13.2 Å². The van der Waals surface area contributed by atoms with Crippen LogP contribution in [0.4, 0.5) is 4.39 Å². The van der Waals surface area contributed by atoms with E-state index in [0.29, 0.717) is 5.56 Å². The lowest BCUT2D eigenvalue weighted by Crippen LogP contribution is -2.38. The molecule has 0 saturated carbocycles. The number of rotatable bonds is 5. The van der Waals surface area contributed by atoms with Gasteiger partial charge >= 0.3 is 0 Å². The van der Waals surface area contributed by atoms with Crippen molar-refractivity contribution in [2.24, 2.45) is 0 Å². The predicted octanol–water partition coefficient (Wildman–Crippen LogP) is 3.25. The van der Waals surface area contributed by atoms with Gasteiger partial charge in [0.1, 0.15) is 5.82 Å². The lowest BCUT2D eigenvalue weighted by atomic mass is 9.75. The highest BCUT2D eigenvalue weighted by molar-refractivity contribution is 6.31. The van der Waals surface area contributed by atoms with E-state index in [1.165, 1.54) is 6.07 Å². The van der Waals surface area contributed by atoms with Gasteiger partial charge in [-0.25, -0.2) is 4.39 Å². The first-order valence-electron chi connectivity index (χ1n) is 6.75. The van der Waals surface area contributed by atoms with E-state index in [4.69, 9.17) is 11.6 Å². The standard InChI is InChI=1S/C17H18ClFO2/c1-12-5-2-3-7-14(12)17(10-20,11-21)9-13-6-4-8-15(19)16(13)18/h2-8,20-21H,9-11H2,1H3. The molecule has 2 nitrogen and oxygen atoms in total. The van der Waals surface area contributed by atoms with Crippen LogP contribution < -0.4 is 0 Å². The molecular weight excluding hydrogens is 291 g/mol. The minimum atomic E-state index is -0.886. The van der Waals surface area contributed by atoms with E-state index >= 15 is 0 Å². The first kappa shape index (κ1) is 16.0. The number of aliphatic hydroxyl groups is 2. The van der Waals surface area contributed by atoms with Gasteiger partial charge in [0, 0.05) is 5.41 Å². The number of halogens is 2. The topological polar surface area (TPSA) is 40.5 Å². The second kappa shape index (κ2) is 6.56. The summed E-state index contributed by atoms with van der Waals surface area (Å²) >= 11 is 6.00. The van der Waals surface area contributed by atoms with Gasteiger partial charge in [-0.05, 0) is 36.1 Å². The summed E-state index contributed by atoms with van der Waals surface area (Å²) in [5.74, 6) is -0.497. The first-order chi connectivity index (χ1) is 10.0. The molecule has 0 aliphatic rings. The largest absolute Gasteiger partial charge is 0.395 e.